The molecule has 2 aliphatic rings. The van der Waals surface area contributed by atoms with Crippen molar-refractivity contribution in [3.63, 3.8) is 0 Å². The van der Waals surface area contributed by atoms with Crippen LogP contribution in [0, 0.1) is 5.92 Å². The Bertz CT molecular complexity index is 1450. The van der Waals surface area contributed by atoms with Crippen LogP contribution in [0.4, 0.5) is 0 Å². The highest BCUT2D eigenvalue weighted by Crippen LogP contribution is 2.38. The number of aromatic nitrogens is 2. The highest BCUT2D eigenvalue weighted by Gasteiger charge is 2.37. The molecule has 1 atom stereocenters. The Hall–Kier alpha value is -2.05. The van der Waals surface area contributed by atoms with Gasteiger partial charge >= 0.3 is 0 Å². The lowest BCUT2D eigenvalue weighted by Gasteiger charge is -2.27. The zero-order valence-electron chi connectivity index (χ0n) is 22.3. The van der Waals surface area contributed by atoms with Crippen molar-refractivity contribution in [3.05, 3.63) is 58.7 Å². The molecule has 0 amide bonds. The maximum absolute atomic E-state index is 12.7. The SMILES string of the molecule is CCS(=O)(=O)CCNCc1cnc(-c2ccc(C(CC3CCOCC3)c3ccc(S(=O)(=O)C4CC4)cc3)[nH]2)s1. The summed E-state index contributed by atoms with van der Waals surface area (Å²) in [7, 11) is -6.19. The standard InChI is InChI=1S/C28H37N3O5S3/c1-2-38(32,33)16-13-29-18-22-19-30-28(37-22)27-10-9-26(31-27)25(17-20-11-14-36-15-12-20)21-3-5-23(6-4-21)39(34,35)24-7-8-24/h3-6,9-10,19-20,24-25,29,31H,2,7-8,11-18H2,1H3. The molecule has 1 saturated heterocycles. The summed E-state index contributed by atoms with van der Waals surface area (Å²) in [6, 6.07) is 11.7. The zero-order valence-corrected chi connectivity index (χ0v) is 24.7. The summed E-state index contributed by atoms with van der Waals surface area (Å²) in [5, 5.41) is 3.87. The molecule has 0 bridgehead atoms. The highest BCUT2D eigenvalue weighted by atomic mass is 32.2. The van der Waals surface area contributed by atoms with Gasteiger partial charge in [0, 0.05) is 54.7 Å². The maximum atomic E-state index is 12.7. The smallest absolute Gasteiger partial charge is 0.181 e. The van der Waals surface area contributed by atoms with Gasteiger partial charge in [0.05, 0.1) is 21.6 Å². The minimum absolute atomic E-state index is 0.112. The van der Waals surface area contributed by atoms with Crippen molar-refractivity contribution in [2.45, 2.75) is 61.6 Å². The second kappa shape index (κ2) is 12.2. The van der Waals surface area contributed by atoms with E-state index in [1.807, 2.05) is 18.3 Å². The van der Waals surface area contributed by atoms with E-state index in [0.717, 1.165) is 72.2 Å². The number of benzene rings is 1. The van der Waals surface area contributed by atoms with Crippen LogP contribution in [-0.4, -0.2) is 63.3 Å². The van der Waals surface area contributed by atoms with Crippen LogP contribution in [0.3, 0.4) is 0 Å². The lowest BCUT2D eigenvalue weighted by Crippen LogP contribution is -2.23. The molecule has 3 aromatic rings. The van der Waals surface area contributed by atoms with Crippen LogP contribution in [0.5, 0.6) is 0 Å². The quantitative estimate of drug-likeness (QED) is 0.280. The fourth-order valence-corrected chi connectivity index (χ4v) is 8.32. The molecule has 1 saturated carbocycles. The molecular weight excluding hydrogens is 555 g/mol. The summed E-state index contributed by atoms with van der Waals surface area (Å²) in [4.78, 5) is 9.66. The first-order chi connectivity index (χ1) is 18.7. The lowest BCUT2D eigenvalue weighted by atomic mass is 9.83. The molecule has 1 aromatic carbocycles. The van der Waals surface area contributed by atoms with E-state index in [4.69, 9.17) is 4.74 Å². The highest BCUT2D eigenvalue weighted by molar-refractivity contribution is 7.92. The van der Waals surface area contributed by atoms with Crippen molar-refractivity contribution in [3.8, 4) is 10.7 Å². The van der Waals surface area contributed by atoms with Gasteiger partial charge in [-0.1, -0.05) is 19.1 Å². The molecule has 2 N–H and O–H groups in total. The van der Waals surface area contributed by atoms with Crippen LogP contribution in [0.25, 0.3) is 10.7 Å². The number of nitrogens with one attached hydrogen (secondary N) is 2. The molecule has 1 aliphatic heterocycles. The molecule has 39 heavy (non-hydrogen) atoms. The predicted octanol–water partition coefficient (Wildman–Crippen LogP) is 4.55. The predicted molar refractivity (Wildman–Crippen MR) is 155 cm³/mol. The molecule has 0 spiro atoms. The van der Waals surface area contributed by atoms with E-state index in [9.17, 15) is 16.8 Å². The molecule has 0 radical (unpaired) electrons. The number of aromatic amines is 1. The van der Waals surface area contributed by atoms with E-state index in [0.29, 0.717) is 23.9 Å². The fourth-order valence-electron chi connectivity index (χ4n) is 5.06. The van der Waals surface area contributed by atoms with Crippen LogP contribution in [0.1, 0.15) is 61.1 Å². The molecule has 5 rings (SSSR count). The largest absolute Gasteiger partial charge is 0.381 e. The summed E-state index contributed by atoms with van der Waals surface area (Å²) in [5.41, 5.74) is 3.14. The molecule has 11 heteroatoms. The lowest BCUT2D eigenvalue weighted by molar-refractivity contribution is 0.0626. The van der Waals surface area contributed by atoms with Crippen molar-refractivity contribution in [2.75, 3.05) is 31.3 Å². The van der Waals surface area contributed by atoms with Gasteiger partial charge in [-0.15, -0.1) is 11.3 Å². The van der Waals surface area contributed by atoms with Crippen LogP contribution in [0.2, 0.25) is 0 Å². The number of H-pyrrole nitrogens is 1. The molecule has 212 valence electrons. The average Bonchev–Trinajstić information content (AvgIpc) is 3.53. The number of rotatable bonds is 13. The number of hydrogen-bond donors (Lipinski definition) is 2. The third-order valence-electron chi connectivity index (χ3n) is 7.68. The number of sulfone groups is 2. The first-order valence-electron chi connectivity index (χ1n) is 13.7. The van der Waals surface area contributed by atoms with E-state index in [-0.39, 0.29) is 22.7 Å². The first kappa shape index (κ1) is 28.5. The topological polar surface area (TPSA) is 118 Å². The summed E-state index contributed by atoms with van der Waals surface area (Å²) >= 11 is 1.58. The summed E-state index contributed by atoms with van der Waals surface area (Å²) in [6.45, 7) is 4.23. The van der Waals surface area contributed by atoms with E-state index >= 15 is 0 Å². The van der Waals surface area contributed by atoms with Gasteiger partial charge in [-0.25, -0.2) is 21.8 Å². The minimum Gasteiger partial charge on any atom is -0.381 e. The molecular formula is C28H37N3O5S3. The molecule has 3 heterocycles. The van der Waals surface area contributed by atoms with E-state index < -0.39 is 19.7 Å². The number of thiazole rings is 1. The van der Waals surface area contributed by atoms with Gasteiger partial charge in [0.2, 0.25) is 0 Å². The fraction of sp³-hybridized carbons (Fsp3) is 0.536. The minimum atomic E-state index is -3.21. The van der Waals surface area contributed by atoms with Gasteiger partial charge in [0.1, 0.15) is 5.01 Å². The Balaban J connectivity index is 1.31. The monoisotopic (exact) mass is 591 g/mol. The van der Waals surface area contributed by atoms with Crippen LogP contribution < -0.4 is 5.32 Å². The number of nitrogens with zero attached hydrogens (tertiary/aromatic N) is 1. The normalized spacial score (nSPS) is 17.9. The van der Waals surface area contributed by atoms with Crippen LogP contribution in [-0.2, 0) is 31.0 Å². The summed E-state index contributed by atoms with van der Waals surface area (Å²) in [6.07, 6.45) is 6.38. The van der Waals surface area contributed by atoms with Crippen molar-refractivity contribution in [1.82, 2.24) is 15.3 Å². The van der Waals surface area contributed by atoms with Gasteiger partial charge in [0.15, 0.2) is 19.7 Å². The number of hydrogen-bond acceptors (Lipinski definition) is 8. The molecule has 2 aromatic heterocycles. The summed E-state index contributed by atoms with van der Waals surface area (Å²) < 4.78 is 54.4. The van der Waals surface area contributed by atoms with Gasteiger partial charge < -0.3 is 15.0 Å². The second-order valence-electron chi connectivity index (χ2n) is 10.5. The molecule has 1 unspecified atom stereocenters. The Kier molecular flexibility index (Phi) is 8.92. The van der Waals surface area contributed by atoms with Gasteiger partial charge in [-0.2, -0.15) is 0 Å². The zero-order chi connectivity index (χ0) is 27.5. The summed E-state index contributed by atoms with van der Waals surface area (Å²) in [5.74, 6) is 0.950. The second-order valence-corrected chi connectivity index (χ2v) is 16.3. The molecule has 8 nitrogen and oxygen atoms in total. The Morgan fingerprint density at radius 3 is 2.49 bits per heavy atom. The van der Waals surface area contributed by atoms with Crippen molar-refractivity contribution < 1.29 is 21.6 Å². The van der Waals surface area contributed by atoms with E-state index in [1.165, 1.54) is 0 Å². The number of ether oxygens (including phenoxy) is 1. The van der Waals surface area contributed by atoms with E-state index in [1.54, 1.807) is 30.4 Å². The average molecular weight is 592 g/mol. The van der Waals surface area contributed by atoms with Crippen molar-refractivity contribution in [2.24, 2.45) is 5.92 Å². The van der Waals surface area contributed by atoms with Crippen molar-refractivity contribution >= 4 is 31.0 Å². The molecule has 2 fully saturated rings. The van der Waals surface area contributed by atoms with Gasteiger partial charge in [0.25, 0.3) is 0 Å². The Morgan fingerprint density at radius 1 is 1.05 bits per heavy atom. The van der Waals surface area contributed by atoms with Crippen molar-refractivity contribution in [1.29, 1.82) is 0 Å². The molecule has 1 aliphatic carbocycles. The maximum Gasteiger partial charge on any atom is 0.181 e. The van der Waals surface area contributed by atoms with Gasteiger partial charge in [-0.3, -0.25) is 0 Å². The third kappa shape index (κ3) is 7.18. The Morgan fingerprint density at radius 2 is 1.79 bits per heavy atom. The first-order valence-corrected chi connectivity index (χ1v) is 17.9. The third-order valence-corrected chi connectivity index (χ3v) is 12.7. The van der Waals surface area contributed by atoms with Crippen LogP contribution in [0.15, 0.2) is 47.5 Å². The Labute approximate surface area is 235 Å². The van der Waals surface area contributed by atoms with Gasteiger partial charge in [-0.05, 0) is 67.9 Å². The van der Waals surface area contributed by atoms with Crippen LogP contribution >= 0.6 is 11.3 Å². The van der Waals surface area contributed by atoms with E-state index in [2.05, 4.69) is 27.4 Å².